The first-order chi connectivity index (χ1) is 5.09. The Bertz CT molecular complexity index is 157. The first-order valence-electron chi connectivity index (χ1n) is 4.74. The molecule has 1 saturated carbocycles. The molecule has 2 fully saturated rings. The molecule has 0 aromatic heterocycles. The van der Waals surface area contributed by atoms with Gasteiger partial charge in [0.15, 0.2) is 0 Å². The molecule has 3 atom stereocenters. The molecular weight excluding hydrogens is 136 g/mol. The molecule has 1 aliphatic heterocycles. The van der Waals surface area contributed by atoms with Crippen LogP contribution in [0.5, 0.6) is 0 Å². The van der Waals surface area contributed by atoms with Gasteiger partial charge in [-0.3, -0.25) is 0 Å². The zero-order valence-electron chi connectivity index (χ0n) is 7.76. The van der Waals surface area contributed by atoms with Crippen molar-refractivity contribution in [3.63, 3.8) is 0 Å². The van der Waals surface area contributed by atoms with E-state index in [1.807, 2.05) is 0 Å². The molecule has 64 valence electrons. The van der Waals surface area contributed by atoms with Crippen LogP contribution in [0, 0.1) is 11.3 Å². The van der Waals surface area contributed by atoms with E-state index >= 15 is 0 Å². The van der Waals surface area contributed by atoms with E-state index in [9.17, 15) is 0 Å². The van der Waals surface area contributed by atoms with E-state index in [2.05, 4.69) is 20.8 Å². The first kappa shape index (κ1) is 7.60. The Balaban J connectivity index is 2.03. The van der Waals surface area contributed by atoms with Crippen LogP contribution < -0.4 is 0 Å². The second-order valence-corrected chi connectivity index (χ2v) is 5.04. The number of rotatable bonds is 0. The highest BCUT2D eigenvalue weighted by atomic mass is 16.6. The third-order valence-corrected chi connectivity index (χ3v) is 3.13. The fourth-order valence-electron chi connectivity index (χ4n) is 2.37. The van der Waals surface area contributed by atoms with Gasteiger partial charge in [-0.1, -0.05) is 27.2 Å². The zero-order valence-corrected chi connectivity index (χ0v) is 7.76. The molecule has 0 aromatic carbocycles. The molecule has 1 heteroatoms. The van der Waals surface area contributed by atoms with Crippen LogP contribution in [-0.4, -0.2) is 12.2 Å². The molecule has 0 bridgehead atoms. The van der Waals surface area contributed by atoms with Crippen LogP contribution in [0.25, 0.3) is 0 Å². The third-order valence-electron chi connectivity index (χ3n) is 3.13. The minimum atomic E-state index is 0.458. The highest BCUT2D eigenvalue weighted by Gasteiger charge is 2.50. The highest BCUT2D eigenvalue weighted by Crippen LogP contribution is 2.48. The molecule has 0 spiro atoms. The summed E-state index contributed by atoms with van der Waals surface area (Å²) in [5.74, 6) is 0.821. The van der Waals surface area contributed by atoms with Crippen molar-refractivity contribution in [2.24, 2.45) is 11.3 Å². The van der Waals surface area contributed by atoms with Gasteiger partial charge in [0.1, 0.15) is 0 Å². The van der Waals surface area contributed by atoms with Gasteiger partial charge < -0.3 is 4.74 Å². The molecule has 1 nitrogen and oxygen atoms in total. The molecule has 0 radical (unpaired) electrons. The lowest BCUT2D eigenvalue weighted by Crippen LogP contribution is -2.29. The average Bonchev–Trinajstić information content (AvgIpc) is 2.60. The Kier molecular flexibility index (Phi) is 1.54. The van der Waals surface area contributed by atoms with Crippen LogP contribution in [0.15, 0.2) is 0 Å². The van der Waals surface area contributed by atoms with Crippen molar-refractivity contribution in [3.8, 4) is 0 Å². The SMILES string of the molecule is CC(C)(C)[C@@H]1CCC[C@@H]2O[C@@H]21. The maximum absolute atomic E-state index is 5.62. The second-order valence-electron chi connectivity index (χ2n) is 5.04. The molecule has 1 aliphatic carbocycles. The van der Waals surface area contributed by atoms with Crippen molar-refractivity contribution in [2.45, 2.75) is 52.2 Å². The summed E-state index contributed by atoms with van der Waals surface area (Å²) in [6.45, 7) is 7.01. The fourth-order valence-corrected chi connectivity index (χ4v) is 2.37. The molecule has 0 N–H and O–H groups in total. The lowest BCUT2D eigenvalue weighted by Gasteiger charge is -2.31. The first-order valence-corrected chi connectivity index (χ1v) is 4.74. The van der Waals surface area contributed by atoms with Crippen LogP contribution >= 0.6 is 0 Å². The molecule has 11 heavy (non-hydrogen) atoms. The zero-order chi connectivity index (χ0) is 8.06. The van der Waals surface area contributed by atoms with E-state index in [1.54, 1.807) is 0 Å². The number of fused-ring (bicyclic) bond motifs is 1. The van der Waals surface area contributed by atoms with E-state index in [0.29, 0.717) is 17.6 Å². The number of hydrogen-bond acceptors (Lipinski definition) is 1. The van der Waals surface area contributed by atoms with Crippen molar-refractivity contribution < 1.29 is 4.74 Å². The van der Waals surface area contributed by atoms with E-state index in [-0.39, 0.29) is 0 Å². The minimum Gasteiger partial charge on any atom is -0.369 e. The molecule has 2 rings (SSSR count). The van der Waals surface area contributed by atoms with Crippen LogP contribution in [0.1, 0.15) is 40.0 Å². The maximum Gasteiger partial charge on any atom is 0.0874 e. The topological polar surface area (TPSA) is 12.5 Å². The smallest absolute Gasteiger partial charge is 0.0874 e. The summed E-state index contributed by atoms with van der Waals surface area (Å²) in [7, 11) is 0. The van der Waals surface area contributed by atoms with Crippen LogP contribution in [-0.2, 0) is 4.74 Å². The Morgan fingerprint density at radius 3 is 2.45 bits per heavy atom. The summed E-state index contributed by atoms with van der Waals surface area (Å²) < 4.78 is 5.62. The van der Waals surface area contributed by atoms with Gasteiger partial charge in [0, 0.05) is 0 Å². The standard InChI is InChI=1S/C10H18O/c1-10(2,3)7-5-4-6-8-9(7)11-8/h7-9H,4-6H2,1-3H3/t7-,8+,9-/m1/s1. The summed E-state index contributed by atoms with van der Waals surface area (Å²) in [5, 5.41) is 0. The van der Waals surface area contributed by atoms with Crippen molar-refractivity contribution in [1.29, 1.82) is 0 Å². The van der Waals surface area contributed by atoms with Gasteiger partial charge in [-0.25, -0.2) is 0 Å². The predicted octanol–water partition coefficient (Wildman–Crippen LogP) is 2.60. The Labute approximate surface area is 69.1 Å². The summed E-state index contributed by atoms with van der Waals surface area (Å²) in [4.78, 5) is 0. The molecule has 2 aliphatic rings. The molecular formula is C10H18O. The summed E-state index contributed by atoms with van der Waals surface area (Å²) >= 11 is 0. The van der Waals surface area contributed by atoms with Gasteiger partial charge in [0.25, 0.3) is 0 Å². The Hall–Kier alpha value is -0.0400. The number of ether oxygens (including phenoxy) is 1. The van der Waals surface area contributed by atoms with Gasteiger partial charge in [0.2, 0.25) is 0 Å². The largest absolute Gasteiger partial charge is 0.369 e. The lowest BCUT2D eigenvalue weighted by atomic mass is 9.72. The van der Waals surface area contributed by atoms with Crippen LogP contribution in [0.4, 0.5) is 0 Å². The Morgan fingerprint density at radius 1 is 1.18 bits per heavy atom. The summed E-state index contributed by atoms with van der Waals surface area (Å²) in [5.41, 5.74) is 0.458. The monoisotopic (exact) mass is 154 g/mol. The van der Waals surface area contributed by atoms with Gasteiger partial charge in [-0.15, -0.1) is 0 Å². The molecule has 0 unspecified atom stereocenters. The van der Waals surface area contributed by atoms with Crippen LogP contribution in [0.2, 0.25) is 0 Å². The van der Waals surface area contributed by atoms with Crippen molar-refractivity contribution in [3.05, 3.63) is 0 Å². The van der Waals surface area contributed by atoms with E-state index in [0.717, 1.165) is 5.92 Å². The van der Waals surface area contributed by atoms with Crippen molar-refractivity contribution >= 4 is 0 Å². The molecule has 1 saturated heterocycles. The molecule has 1 heterocycles. The van der Waals surface area contributed by atoms with Crippen molar-refractivity contribution in [2.75, 3.05) is 0 Å². The predicted molar refractivity (Wildman–Crippen MR) is 45.5 cm³/mol. The average molecular weight is 154 g/mol. The minimum absolute atomic E-state index is 0.458. The van der Waals surface area contributed by atoms with Gasteiger partial charge in [-0.2, -0.15) is 0 Å². The lowest BCUT2D eigenvalue weighted by molar-refractivity contribution is 0.172. The Morgan fingerprint density at radius 2 is 1.91 bits per heavy atom. The van der Waals surface area contributed by atoms with Crippen molar-refractivity contribution in [1.82, 2.24) is 0 Å². The third kappa shape index (κ3) is 1.31. The second kappa shape index (κ2) is 2.22. The van der Waals surface area contributed by atoms with Crippen LogP contribution in [0.3, 0.4) is 0 Å². The maximum atomic E-state index is 5.62. The normalized spacial score (nSPS) is 43.4. The van der Waals surface area contributed by atoms with E-state index in [4.69, 9.17) is 4.74 Å². The quantitative estimate of drug-likeness (QED) is 0.489. The fraction of sp³-hybridized carbons (Fsp3) is 1.00. The number of epoxide rings is 1. The molecule has 0 aromatic rings. The van der Waals surface area contributed by atoms with E-state index < -0.39 is 0 Å². The summed E-state index contributed by atoms with van der Waals surface area (Å²) in [6.07, 6.45) is 5.35. The summed E-state index contributed by atoms with van der Waals surface area (Å²) in [6, 6.07) is 0. The highest BCUT2D eigenvalue weighted by molar-refractivity contribution is 4.98. The van der Waals surface area contributed by atoms with Gasteiger partial charge in [0.05, 0.1) is 12.2 Å². The number of hydrogen-bond donors (Lipinski definition) is 0. The molecule has 0 amide bonds. The van der Waals surface area contributed by atoms with Gasteiger partial charge >= 0.3 is 0 Å². The van der Waals surface area contributed by atoms with Gasteiger partial charge in [-0.05, 0) is 24.2 Å². The van der Waals surface area contributed by atoms with E-state index in [1.165, 1.54) is 19.3 Å².